The van der Waals surface area contributed by atoms with Crippen LogP contribution in [0.15, 0.2) is 30.3 Å². The standard InChI is InChI=1S/C17H18F2N2/c1-10-7-17(14(11(2)20)9-15(10)19)21-6-5-12-3-4-13(18)8-16(12)21/h3-4,7-9,11H,5-6,20H2,1-2H3/t11-/m0/s1. The number of rotatable bonds is 2. The summed E-state index contributed by atoms with van der Waals surface area (Å²) in [7, 11) is 0. The van der Waals surface area contributed by atoms with E-state index in [4.69, 9.17) is 5.73 Å². The highest BCUT2D eigenvalue weighted by molar-refractivity contribution is 5.73. The highest BCUT2D eigenvalue weighted by Crippen LogP contribution is 2.39. The molecule has 1 heterocycles. The van der Waals surface area contributed by atoms with Crippen molar-refractivity contribution in [3.8, 4) is 0 Å². The molecule has 1 atom stereocenters. The van der Waals surface area contributed by atoms with E-state index in [1.165, 1.54) is 18.2 Å². The van der Waals surface area contributed by atoms with E-state index in [1.54, 1.807) is 13.0 Å². The fourth-order valence-corrected chi connectivity index (χ4v) is 2.88. The number of anilines is 2. The fourth-order valence-electron chi connectivity index (χ4n) is 2.88. The Morgan fingerprint density at radius 3 is 2.62 bits per heavy atom. The first kappa shape index (κ1) is 14.0. The van der Waals surface area contributed by atoms with Crippen molar-refractivity contribution in [2.24, 2.45) is 5.73 Å². The van der Waals surface area contributed by atoms with E-state index in [2.05, 4.69) is 0 Å². The van der Waals surface area contributed by atoms with Gasteiger partial charge in [-0.2, -0.15) is 0 Å². The van der Waals surface area contributed by atoms with Gasteiger partial charge in [0, 0.05) is 24.0 Å². The van der Waals surface area contributed by atoms with Crippen LogP contribution < -0.4 is 10.6 Å². The number of nitrogens with zero attached hydrogens (tertiary/aromatic N) is 1. The number of hydrogen-bond donors (Lipinski definition) is 1. The topological polar surface area (TPSA) is 29.3 Å². The monoisotopic (exact) mass is 288 g/mol. The summed E-state index contributed by atoms with van der Waals surface area (Å²) in [6, 6.07) is 7.83. The first-order valence-electron chi connectivity index (χ1n) is 7.09. The lowest BCUT2D eigenvalue weighted by Gasteiger charge is -2.25. The van der Waals surface area contributed by atoms with Gasteiger partial charge in [-0.3, -0.25) is 0 Å². The zero-order chi connectivity index (χ0) is 15.1. The molecule has 0 bridgehead atoms. The Bertz CT molecular complexity index is 695. The minimum absolute atomic E-state index is 0.260. The lowest BCUT2D eigenvalue weighted by molar-refractivity contribution is 0.613. The van der Waals surface area contributed by atoms with Crippen LogP contribution in [0.5, 0.6) is 0 Å². The molecular formula is C17H18F2N2. The molecule has 0 radical (unpaired) electrons. The van der Waals surface area contributed by atoms with E-state index in [-0.39, 0.29) is 17.7 Å². The van der Waals surface area contributed by atoms with Gasteiger partial charge < -0.3 is 10.6 Å². The Labute approximate surface area is 123 Å². The summed E-state index contributed by atoms with van der Waals surface area (Å²) in [5, 5.41) is 0. The summed E-state index contributed by atoms with van der Waals surface area (Å²) in [5.41, 5.74) is 10.1. The molecule has 21 heavy (non-hydrogen) atoms. The third kappa shape index (κ3) is 2.40. The van der Waals surface area contributed by atoms with E-state index >= 15 is 0 Å². The smallest absolute Gasteiger partial charge is 0.126 e. The minimum atomic E-state index is -0.285. The van der Waals surface area contributed by atoms with Crippen molar-refractivity contribution in [1.29, 1.82) is 0 Å². The predicted octanol–water partition coefficient (Wildman–Crippen LogP) is 3.99. The van der Waals surface area contributed by atoms with Gasteiger partial charge in [0.1, 0.15) is 11.6 Å². The molecule has 0 saturated carbocycles. The average Bonchev–Trinajstić information content (AvgIpc) is 2.84. The highest BCUT2D eigenvalue weighted by Gasteiger charge is 2.24. The fraction of sp³-hybridized carbons (Fsp3) is 0.294. The molecule has 1 aliphatic rings. The largest absolute Gasteiger partial charge is 0.341 e. The molecule has 0 unspecified atom stereocenters. The molecule has 2 nitrogen and oxygen atoms in total. The molecule has 0 amide bonds. The first-order valence-corrected chi connectivity index (χ1v) is 7.09. The molecule has 0 spiro atoms. The van der Waals surface area contributed by atoms with Crippen LogP contribution in [0, 0.1) is 18.6 Å². The van der Waals surface area contributed by atoms with Crippen molar-refractivity contribution in [1.82, 2.24) is 0 Å². The van der Waals surface area contributed by atoms with Gasteiger partial charge in [0.25, 0.3) is 0 Å². The number of halogens is 2. The van der Waals surface area contributed by atoms with Crippen LogP contribution in [0.25, 0.3) is 0 Å². The van der Waals surface area contributed by atoms with Gasteiger partial charge in [0.2, 0.25) is 0 Å². The van der Waals surface area contributed by atoms with Crippen molar-refractivity contribution in [3.05, 3.63) is 58.7 Å². The van der Waals surface area contributed by atoms with Gasteiger partial charge in [-0.25, -0.2) is 8.78 Å². The van der Waals surface area contributed by atoms with E-state index in [0.717, 1.165) is 35.5 Å². The maximum absolute atomic E-state index is 13.8. The second-order valence-electron chi connectivity index (χ2n) is 5.62. The molecule has 2 aromatic carbocycles. The summed E-state index contributed by atoms with van der Waals surface area (Å²) in [5.74, 6) is -0.522. The summed E-state index contributed by atoms with van der Waals surface area (Å²) in [6.07, 6.45) is 0.852. The van der Waals surface area contributed by atoms with E-state index in [9.17, 15) is 8.78 Å². The molecule has 4 heteroatoms. The second-order valence-corrected chi connectivity index (χ2v) is 5.62. The quantitative estimate of drug-likeness (QED) is 0.905. The van der Waals surface area contributed by atoms with E-state index < -0.39 is 0 Å². The first-order chi connectivity index (χ1) is 9.97. The van der Waals surface area contributed by atoms with Crippen molar-refractivity contribution < 1.29 is 8.78 Å². The van der Waals surface area contributed by atoms with Crippen LogP contribution in [0.1, 0.15) is 29.7 Å². The maximum atomic E-state index is 13.8. The number of aryl methyl sites for hydroxylation is 1. The zero-order valence-electron chi connectivity index (χ0n) is 12.2. The number of benzene rings is 2. The molecule has 0 fully saturated rings. The summed E-state index contributed by atoms with van der Waals surface area (Å²) in [6.45, 7) is 4.31. The molecule has 0 saturated heterocycles. The summed E-state index contributed by atoms with van der Waals surface area (Å²) < 4.78 is 27.4. The van der Waals surface area contributed by atoms with Crippen LogP contribution in [-0.2, 0) is 6.42 Å². The molecule has 110 valence electrons. The summed E-state index contributed by atoms with van der Waals surface area (Å²) >= 11 is 0. The number of fused-ring (bicyclic) bond motifs is 1. The van der Waals surface area contributed by atoms with E-state index in [1.807, 2.05) is 17.9 Å². The van der Waals surface area contributed by atoms with Gasteiger partial charge in [0.05, 0.1) is 0 Å². The van der Waals surface area contributed by atoms with Gasteiger partial charge in [-0.1, -0.05) is 6.07 Å². The molecule has 2 N–H and O–H groups in total. The number of nitrogens with two attached hydrogens (primary N) is 1. The average molecular weight is 288 g/mol. The molecule has 2 aromatic rings. The van der Waals surface area contributed by atoms with Gasteiger partial charge >= 0.3 is 0 Å². The Balaban J connectivity index is 2.15. The van der Waals surface area contributed by atoms with Crippen molar-refractivity contribution in [2.45, 2.75) is 26.3 Å². The van der Waals surface area contributed by atoms with Crippen molar-refractivity contribution >= 4 is 11.4 Å². The van der Waals surface area contributed by atoms with Crippen LogP contribution in [0.3, 0.4) is 0 Å². The van der Waals surface area contributed by atoms with Gasteiger partial charge in [0.15, 0.2) is 0 Å². The van der Waals surface area contributed by atoms with Crippen LogP contribution in [-0.4, -0.2) is 6.54 Å². The molecular weight excluding hydrogens is 270 g/mol. The Kier molecular flexibility index (Phi) is 3.41. The third-order valence-corrected chi connectivity index (χ3v) is 4.03. The predicted molar refractivity (Wildman–Crippen MR) is 80.8 cm³/mol. The zero-order valence-corrected chi connectivity index (χ0v) is 12.2. The Hall–Kier alpha value is -1.94. The molecule has 0 aromatic heterocycles. The van der Waals surface area contributed by atoms with E-state index in [0.29, 0.717) is 5.56 Å². The summed E-state index contributed by atoms with van der Waals surface area (Å²) in [4.78, 5) is 2.03. The number of hydrogen-bond acceptors (Lipinski definition) is 2. The second kappa shape index (κ2) is 5.11. The third-order valence-electron chi connectivity index (χ3n) is 4.03. The minimum Gasteiger partial charge on any atom is -0.341 e. The molecule has 1 aliphatic heterocycles. The van der Waals surface area contributed by atoms with Gasteiger partial charge in [-0.15, -0.1) is 0 Å². The molecule has 0 aliphatic carbocycles. The Morgan fingerprint density at radius 1 is 1.14 bits per heavy atom. The van der Waals surface area contributed by atoms with Crippen molar-refractivity contribution in [3.63, 3.8) is 0 Å². The highest BCUT2D eigenvalue weighted by atomic mass is 19.1. The maximum Gasteiger partial charge on any atom is 0.126 e. The van der Waals surface area contributed by atoms with Crippen LogP contribution in [0.2, 0.25) is 0 Å². The van der Waals surface area contributed by atoms with Crippen LogP contribution in [0.4, 0.5) is 20.2 Å². The van der Waals surface area contributed by atoms with Gasteiger partial charge in [-0.05, 0) is 61.2 Å². The SMILES string of the molecule is Cc1cc(N2CCc3ccc(F)cc32)c([C@H](C)N)cc1F. The van der Waals surface area contributed by atoms with Crippen LogP contribution >= 0.6 is 0 Å². The Morgan fingerprint density at radius 2 is 1.90 bits per heavy atom. The normalized spacial score (nSPS) is 15.2. The lowest BCUT2D eigenvalue weighted by atomic mass is 10.0. The van der Waals surface area contributed by atoms with Crippen molar-refractivity contribution in [2.75, 3.05) is 11.4 Å². The molecule has 3 rings (SSSR count). The lowest BCUT2D eigenvalue weighted by Crippen LogP contribution is -2.19.